The molecule has 0 atom stereocenters. The average Bonchev–Trinajstić information content (AvgIpc) is 2.51. The van der Waals surface area contributed by atoms with Crippen LogP contribution < -0.4 is 0 Å². The molecule has 1 aromatic carbocycles. The zero-order valence-electron chi connectivity index (χ0n) is 6.23. The van der Waals surface area contributed by atoms with Gasteiger partial charge in [0.15, 0.2) is 0 Å². The highest BCUT2D eigenvalue weighted by Gasteiger charge is 1.95. The van der Waals surface area contributed by atoms with Gasteiger partial charge in [-0.25, -0.2) is 4.98 Å². The first-order chi connectivity index (χ1) is 5.90. The molecular weight excluding hydrogens is 154 g/mol. The second-order valence-electron chi connectivity index (χ2n) is 2.42. The maximum atomic E-state index is 8.29. The Labute approximate surface area is 68.6 Å². The summed E-state index contributed by atoms with van der Waals surface area (Å²) in [6, 6.07) is 5.56. The standard InChI is InChI=1S/C8H7N3O/c12-11-4-6-1-2-7-8(3-6)10-5-9-7/h1-5,12H,(H,9,10). The van der Waals surface area contributed by atoms with E-state index < -0.39 is 0 Å². The molecule has 0 aliphatic carbocycles. The van der Waals surface area contributed by atoms with Crippen molar-refractivity contribution in [3.8, 4) is 0 Å². The number of oxime groups is 1. The van der Waals surface area contributed by atoms with Crippen LogP contribution >= 0.6 is 0 Å². The number of nitrogens with one attached hydrogen (secondary N) is 1. The number of nitrogens with zero attached hydrogens (tertiary/aromatic N) is 2. The van der Waals surface area contributed by atoms with Gasteiger partial charge in [0, 0.05) is 0 Å². The monoisotopic (exact) mass is 161 g/mol. The van der Waals surface area contributed by atoms with Crippen molar-refractivity contribution in [2.75, 3.05) is 0 Å². The Kier molecular flexibility index (Phi) is 1.51. The van der Waals surface area contributed by atoms with Gasteiger partial charge in [-0.1, -0.05) is 11.2 Å². The first-order valence-corrected chi connectivity index (χ1v) is 3.51. The molecule has 1 heterocycles. The predicted octanol–water partition coefficient (Wildman–Crippen LogP) is 1.37. The van der Waals surface area contributed by atoms with Crippen LogP contribution in [-0.4, -0.2) is 21.4 Å². The molecule has 0 saturated heterocycles. The molecule has 1 aromatic heterocycles. The van der Waals surface area contributed by atoms with Crippen molar-refractivity contribution in [1.82, 2.24) is 9.97 Å². The molecule has 0 bridgehead atoms. The van der Waals surface area contributed by atoms with Crippen LogP contribution in [0, 0.1) is 0 Å². The van der Waals surface area contributed by atoms with Gasteiger partial charge in [-0.2, -0.15) is 0 Å². The number of fused-ring (bicyclic) bond motifs is 1. The van der Waals surface area contributed by atoms with Crippen LogP contribution in [-0.2, 0) is 0 Å². The topological polar surface area (TPSA) is 61.3 Å². The van der Waals surface area contributed by atoms with Crippen molar-refractivity contribution in [3.63, 3.8) is 0 Å². The zero-order chi connectivity index (χ0) is 8.39. The fraction of sp³-hybridized carbons (Fsp3) is 0. The highest BCUT2D eigenvalue weighted by Crippen LogP contribution is 2.09. The number of hydrogen-bond acceptors (Lipinski definition) is 3. The van der Waals surface area contributed by atoms with E-state index in [1.165, 1.54) is 6.21 Å². The van der Waals surface area contributed by atoms with Crippen molar-refractivity contribution < 1.29 is 5.21 Å². The van der Waals surface area contributed by atoms with Gasteiger partial charge in [0.2, 0.25) is 0 Å². The molecule has 0 spiro atoms. The van der Waals surface area contributed by atoms with Gasteiger partial charge >= 0.3 is 0 Å². The lowest BCUT2D eigenvalue weighted by atomic mass is 10.2. The quantitative estimate of drug-likeness (QED) is 0.377. The van der Waals surface area contributed by atoms with Crippen LogP contribution in [0.15, 0.2) is 29.7 Å². The Morgan fingerprint density at radius 3 is 3.25 bits per heavy atom. The number of rotatable bonds is 1. The van der Waals surface area contributed by atoms with Crippen molar-refractivity contribution in [2.24, 2.45) is 5.16 Å². The number of imidazole rings is 1. The smallest absolute Gasteiger partial charge is 0.0931 e. The van der Waals surface area contributed by atoms with Gasteiger partial charge in [-0.15, -0.1) is 0 Å². The minimum absolute atomic E-state index is 0.842. The molecule has 12 heavy (non-hydrogen) atoms. The molecule has 0 radical (unpaired) electrons. The van der Waals surface area contributed by atoms with E-state index in [4.69, 9.17) is 5.21 Å². The Balaban J connectivity index is 2.60. The minimum Gasteiger partial charge on any atom is -0.411 e. The number of hydrogen-bond donors (Lipinski definition) is 2. The molecule has 2 rings (SSSR count). The first kappa shape index (κ1) is 6.84. The number of aromatic amines is 1. The van der Waals surface area contributed by atoms with E-state index in [2.05, 4.69) is 15.1 Å². The van der Waals surface area contributed by atoms with Crippen molar-refractivity contribution in [1.29, 1.82) is 0 Å². The normalized spacial score (nSPS) is 11.3. The predicted molar refractivity (Wildman–Crippen MR) is 45.5 cm³/mol. The van der Waals surface area contributed by atoms with E-state index in [9.17, 15) is 0 Å². The van der Waals surface area contributed by atoms with E-state index in [-0.39, 0.29) is 0 Å². The van der Waals surface area contributed by atoms with Crippen molar-refractivity contribution in [3.05, 3.63) is 30.1 Å². The van der Waals surface area contributed by atoms with Crippen LogP contribution in [0.5, 0.6) is 0 Å². The molecule has 4 nitrogen and oxygen atoms in total. The third-order valence-corrected chi connectivity index (χ3v) is 1.65. The number of benzene rings is 1. The van der Waals surface area contributed by atoms with Crippen LogP contribution in [0.1, 0.15) is 5.56 Å². The molecular formula is C8H7N3O. The van der Waals surface area contributed by atoms with E-state index in [1.54, 1.807) is 6.33 Å². The molecule has 4 heteroatoms. The Morgan fingerprint density at radius 1 is 1.50 bits per heavy atom. The summed E-state index contributed by atoms with van der Waals surface area (Å²) in [6.45, 7) is 0. The lowest BCUT2D eigenvalue weighted by molar-refractivity contribution is 0.322. The SMILES string of the molecule is ON=Cc1ccc2nc[nH]c2c1. The molecule has 2 aromatic rings. The minimum atomic E-state index is 0.842. The Hall–Kier alpha value is -1.84. The fourth-order valence-electron chi connectivity index (χ4n) is 1.10. The largest absolute Gasteiger partial charge is 0.411 e. The van der Waals surface area contributed by atoms with Gasteiger partial charge < -0.3 is 10.2 Å². The fourth-order valence-corrected chi connectivity index (χ4v) is 1.10. The van der Waals surface area contributed by atoms with E-state index in [1.807, 2.05) is 18.2 Å². The highest BCUT2D eigenvalue weighted by atomic mass is 16.4. The third kappa shape index (κ3) is 1.03. The number of H-pyrrole nitrogens is 1. The molecule has 0 aliphatic heterocycles. The Bertz CT molecular complexity index is 419. The summed E-state index contributed by atoms with van der Waals surface area (Å²) in [6.07, 6.45) is 3.00. The van der Waals surface area contributed by atoms with Gasteiger partial charge in [0.1, 0.15) is 0 Å². The average molecular weight is 161 g/mol. The maximum Gasteiger partial charge on any atom is 0.0931 e. The number of aromatic nitrogens is 2. The van der Waals surface area contributed by atoms with Gasteiger partial charge in [-0.05, 0) is 17.7 Å². The summed E-state index contributed by atoms with van der Waals surface area (Å²) < 4.78 is 0. The van der Waals surface area contributed by atoms with Crippen LogP contribution in [0.25, 0.3) is 11.0 Å². The second kappa shape index (κ2) is 2.65. The summed E-state index contributed by atoms with van der Waals surface area (Å²) in [4.78, 5) is 7.02. The Morgan fingerprint density at radius 2 is 2.42 bits per heavy atom. The molecule has 0 unspecified atom stereocenters. The maximum absolute atomic E-state index is 8.29. The van der Waals surface area contributed by atoms with Crippen molar-refractivity contribution in [2.45, 2.75) is 0 Å². The van der Waals surface area contributed by atoms with Crippen LogP contribution in [0.4, 0.5) is 0 Å². The summed E-state index contributed by atoms with van der Waals surface area (Å²) in [5, 5.41) is 11.2. The summed E-state index contributed by atoms with van der Waals surface area (Å²) in [5.74, 6) is 0. The van der Waals surface area contributed by atoms with Gasteiger partial charge in [0.25, 0.3) is 0 Å². The molecule has 0 saturated carbocycles. The molecule has 0 fully saturated rings. The van der Waals surface area contributed by atoms with E-state index in [0.717, 1.165) is 16.6 Å². The van der Waals surface area contributed by atoms with Crippen molar-refractivity contribution >= 4 is 17.2 Å². The van der Waals surface area contributed by atoms with Crippen LogP contribution in [0.2, 0.25) is 0 Å². The van der Waals surface area contributed by atoms with Crippen LogP contribution in [0.3, 0.4) is 0 Å². The lowest BCUT2D eigenvalue weighted by Gasteiger charge is -1.90. The summed E-state index contributed by atoms with van der Waals surface area (Å²) in [5.41, 5.74) is 2.69. The van der Waals surface area contributed by atoms with E-state index in [0.29, 0.717) is 0 Å². The summed E-state index contributed by atoms with van der Waals surface area (Å²) >= 11 is 0. The van der Waals surface area contributed by atoms with E-state index >= 15 is 0 Å². The molecule has 0 aliphatic rings. The molecule has 2 N–H and O–H groups in total. The lowest BCUT2D eigenvalue weighted by Crippen LogP contribution is -1.80. The van der Waals surface area contributed by atoms with Gasteiger partial charge in [-0.3, -0.25) is 0 Å². The second-order valence-corrected chi connectivity index (χ2v) is 2.42. The first-order valence-electron chi connectivity index (χ1n) is 3.51. The highest BCUT2D eigenvalue weighted by molar-refractivity contribution is 5.86. The molecule has 60 valence electrons. The van der Waals surface area contributed by atoms with Gasteiger partial charge in [0.05, 0.1) is 23.6 Å². The summed E-state index contributed by atoms with van der Waals surface area (Å²) in [7, 11) is 0. The zero-order valence-corrected chi connectivity index (χ0v) is 6.23. The third-order valence-electron chi connectivity index (χ3n) is 1.65. The molecule has 0 amide bonds.